The molecule has 6 heteroatoms. The maximum Gasteiger partial charge on any atom is 0.255 e. The summed E-state index contributed by atoms with van der Waals surface area (Å²) in [5, 5.41) is 3.58. The second-order valence-electron chi connectivity index (χ2n) is 7.72. The zero-order valence-electron chi connectivity index (χ0n) is 17.0. The molecule has 5 nitrogen and oxygen atoms in total. The van der Waals surface area contributed by atoms with Crippen LogP contribution in [0.5, 0.6) is 11.5 Å². The number of anilines is 1. The Balaban J connectivity index is 1.51. The van der Waals surface area contributed by atoms with Crippen molar-refractivity contribution in [3.63, 3.8) is 0 Å². The minimum atomic E-state index is -0.189. The number of carbonyl (C=O) groups is 1. The number of piperidine rings is 1. The minimum Gasteiger partial charge on any atom is -0.454 e. The van der Waals surface area contributed by atoms with E-state index in [1.165, 1.54) is 6.42 Å². The first-order chi connectivity index (χ1) is 15.2. The maximum absolute atomic E-state index is 12.7. The van der Waals surface area contributed by atoms with Crippen LogP contribution in [-0.4, -0.2) is 29.7 Å². The quantitative estimate of drug-likeness (QED) is 0.520. The summed E-state index contributed by atoms with van der Waals surface area (Å²) in [6, 6.07) is 20.3. The van der Waals surface area contributed by atoms with Crippen LogP contribution < -0.4 is 10.1 Å². The van der Waals surface area contributed by atoms with Crippen LogP contribution in [0, 0.1) is 0 Å². The Hall–Kier alpha value is -3.31. The predicted molar refractivity (Wildman–Crippen MR) is 124 cm³/mol. The number of halogens is 1. The smallest absolute Gasteiger partial charge is 0.255 e. The van der Waals surface area contributed by atoms with Gasteiger partial charge in [-0.25, -0.2) is 4.99 Å². The fourth-order valence-corrected chi connectivity index (χ4v) is 4.08. The molecule has 1 fully saturated rings. The molecular weight excluding hydrogens is 410 g/mol. The summed E-state index contributed by atoms with van der Waals surface area (Å²) >= 11 is 5.94. The van der Waals surface area contributed by atoms with Crippen LogP contribution in [0.2, 0.25) is 5.02 Å². The van der Waals surface area contributed by atoms with Crippen molar-refractivity contribution in [3.8, 4) is 11.5 Å². The van der Waals surface area contributed by atoms with Gasteiger partial charge in [0.05, 0.1) is 5.56 Å². The molecular formula is C25H22ClN3O2. The molecule has 1 saturated heterocycles. The van der Waals surface area contributed by atoms with E-state index < -0.39 is 0 Å². The van der Waals surface area contributed by atoms with Crippen LogP contribution in [0.25, 0.3) is 0 Å². The number of likely N-dealkylation sites (tertiary alicyclic amines) is 1. The third kappa shape index (κ3) is 4.14. The summed E-state index contributed by atoms with van der Waals surface area (Å²) in [6.45, 7) is 1.92. The van der Waals surface area contributed by atoms with Crippen molar-refractivity contribution < 1.29 is 9.53 Å². The van der Waals surface area contributed by atoms with E-state index in [2.05, 4.69) is 10.2 Å². The number of nitrogens with zero attached hydrogens (tertiary/aromatic N) is 2. The predicted octanol–water partition coefficient (Wildman–Crippen LogP) is 6.26. The SMILES string of the molecule is O=C(Nc1ccc2c(c1)C(N1CCCCC1)=Nc1ccccc1O2)c1ccc(Cl)cc1. The highest BCUT2D eigenvalue weighted by Crippen LogP contribution is 2.39. The van der Waals surface area contributed by atoms with E-state index in [0.29, 0.717) is 16.3 Å². The average molecular weight is 432 g/mol. The van der Waals surface area contributed by atoms with Crippen LogP contribution in [0.15, 0.2) is 71.7 Å². The monoisotopic (exact) mass is 431 g/mol. The van der Waals surface area contributed by atoms with Crippen LogP contribution in [-0.2, 0) is 0 Å². The Morgan fingerprint density at radius 2 is 1.71 bits per heavy atom. The lowest BCUT2D eigenvalue weighted by Gasteiger charge is -2.30. The number of ether oxygens (including phenoxy) is 1. The van der Waals surface area contributed by atoms with Gasteiger partial charge in [0.25, 0.3) is 5.91 Å². The van der Waals surface area contributed by atoms with E-state index in [-0.39, 0.29) is 5.91 Å². The van der Waals surface area contributed by atoms with Crippen LogP contribution in [0.3, 0.4) is 0 Å². The van der Waals surface area contributed by atoms with Crippen molar-refractivity contribution in [3.05, 3.63) is 82.9 Å². The van der Waals surface area contributed by atoms with E-state index in [9.17, 15) is 4.79 Å². The van der Waals surface area contributed by atoms with Crippen molar-refractivity contribution >= 4 is 34.7 Å². The van der Waals surface area contributed by atoms with Gasteiger partial charge in [0.1, 0.15) is 17.3 Å². The lowest BCUT2D eigenvalue weighted by atomic mass is 10.1. The van der Waals surface area contributed by atoms with Crippen molar-refractivity contribution in [2.75, 3.05) is 18.4 Å². The third-order valence-electron chi connectivity index (χ3n) is 5.55. The molecule has 2 aliphatic heterocycles. The second-order valence-corrected chi connectivity index (χ2v) is 8.16. The highest BCUT2D eigenvalue weighted by Gasteiger charge is 2.24. The molecule has 1 amide bonds. The Morgan fingerprint density at radius 1 is 0.935 bits per heavy atom. The van der Waals surface area contributed by atoms with Gasteiger partial charge in [0, 0.05) is 29.4 Å². The number of aliphatic imine (C=N–C) groups is 1. The average Bonchev–Trinajstić information content (AvgIpc) is 2.96. The number of amides is 1. The van der Waals surface area contributed by atoms with Crippen LogP contribution in [0.4, 0.5) is 11.4 Å². The molecule has 1 N–H and O–H groups in total. The fraction of sp³-hybridized carbons (Fsp3) is 0.200. The van der Waals surface area contributed by atoms with Crippen molar-refractivity contribution in [2.24, 2.45) is 4.99 Å². The third-order valence-corrected chi connectivity index (χ3v) is 5.80. The molecule has 3 aromatic rings. The van der Waals surface area contributed by atoms with Gasteiger partial charge in [-0.05, 0) is 73.9 Å². The number of benzene rings is 3. The highest BCUT2D eigenvalue weighted by atomic mass is 35.5. The van der Waals surface area contributed by atoms with Gasteiger partial charge < -0.3 is 15.0 Å². The topological polar surface area (TPSA) is 53.9 Å². The Bertz CT molecular complexity index is 1150. The fourth-order valence-electron chi connectivity index (χ4n) is 3.95. The number of para-hydroxylation sites is 2. The summed E-state index contributed by atoms with van der Waals surface area (Å²) in [5.74, 6) is 2.17. The number of nitrogens with one attached hydrogen (secondary N) is 1. The number of rotatable bonds is 2. The van der Waals surface area contributed by atoms with Gasteiger partial charge >= 0.3 is 0 Å². The molecule has 31 heavy (non-hydrogen) atoms. The van der Waals surface area contributed by atoms with Gasteiger partial charge in [0.15, 0.2) is 5.75 Å². The van der Waals surface area contributed by atoms with Gasteiger partial charge in [0.2, 0.25) is 0 Å². The second kappa shape index (κ2) is 8.44. The van der Waals surface area contributed by atoms with E-state index in [1.807, 2.05) is 42.5 Å². The molecule has 2 heterocycles. The summed E-state index contributed by atoms with van der Waals surface area (Å²) in [5.41, 5.74) is 2.93. The Labute approximate surface area is 186 Å². The number of carbonyl (C=O) groups excluding carboxylic acids is 1. The zero-order chi connectivity index (χ0) is 21.2. The summed E-state index contributed by atoms with van der Waals surface area (Å²) in [6.07, 6.45) is 3.52. The number of hydrogen-bond acceptors (Lipinski definition) is 4. The molecule has 0 aromatic heterocycles. The van der Waals surface area contributed by atoms with Gasteiger partial charge in [-0.2, -0.15) is 0 Å². The molecule has 0 bridgehead atoms. The first-order valence-corrected chi connectivity index (χ1v) is 10.9. The van der Waals surface area contributed by atoms with E-state index >= 15 is 0 Å². The summed E-state index contributed by atoms with van der Waals surface area (Å²) < 4.78 is 6.21. The van der Waals surface area contributed by atoms with E-state index in [4.69, 9.17) is 21.3 Å². The molecule has 5 rings (SSSR count). The standard InChI is InChI=1S/C25H22ClN3O2/c26-18-10-8-17(9-11-18)25(30)27-19-12-13-22-20(16-19)24(29-14-4-1-5-15-29)28-21-6-2-3-7-23(21)31-22/h2-3,6-13,16H,1,4-5,14-15H2,(H,27,30). The molecule has 0 atom stereocenters. The van der Waals surface area contributed by atoms with Gasteiger partial charge in [-0.3, -0.25) is 4.79 Å². The first-order valence-electron chi connectivity index (χ1n) is 10.5. The number of amidine groups is 1. The lowest BCUT2D eigenvalue weighted by molar-refractivity contribution is 0.102. The normalized spacial score (nSPS) is 15.1. The molecule has 0 spiro atoms. The van der Waals surface area contributed by atoms with E-state index in [1.54, 1.807) is 24.3 Å². The molecule has 0 radical (unpaired) electrons. The van der Waals surface area contributed by atoms with Crippen molar-refractivity contribution in [2.45, 2.75) is 19.3 Å². The molecule has 3 aromatic carbocycles. The Morgan fingerprint density at radius 3 is 2.52 bits per heavy atom. The van der Waals surface area contributed by atoms with Crippen LogP contribution in [0.1, 0.15) is 35.2 Å². The number of hydrogen-bond donors (Lipinski definition) is 1. The van der Waals surface area contributed by atoms with Crippen molar-refractivity contribution in [1.82, 2.24) is 4.90 Å². The molecule has 156 valence electrons. The summed E-state index contributed by atoms with van der Waals surface area (Å²) in [7, 11) is 0. The van der Waals surface area contributed by atoms with Crippen LogP contribution >= 0.6 is 11.6 Å². The van der Waals surface area contributed by atoms with Crippen molar-refractivity contribution in [1.29, 1.82) is 0 Å². The molecule has 0 aliphatic carbocycles. The largest absolute Gasteiger partial charge is 0.454 e. The highest BCUT2D eigenvalue weighted by molar-refractivity contribution is 6.30. The number of fused-ring (bicyclic) bond motifs is 2. The zero-order valence-corrected chi connectivity index (χ0v) is 17.7. The van der Waals surface area contributed by atoms with Gasteiger partial charge in [-0.1, -0.05) is 23.7 Å². The minimum absolute atomic E-state index is 0.189. The Kier molecular flexibility index (Phi) is 5.35. The van der Waals surface area contributed by atoms with Gasteiger partial charge in [-0.15, -0.1) is 0 Å². The molecule has 0 saturated carbocycles. The first kappa shape index (κ1) is 19.6. The maximum atomic E-state index is 12.7. The lowest BCUT2D eigenvalue weighted by Crippen LogP contribution is -2.36. The van der Waals surface area contributed by atoms with E-state index in [0.717, 1.165) is 54.5 Å². The summed E-state index contributed by atoms with van der Waals surface area (Å²) in [4.78, 5) is 20.0. The molecule has 2 aliphatic rings. The molecule has 0 unspecified atom stereocenters.